The summed E-state index contributed by atoms with van der Waals surface area (Å²) in [5.41, 5.74) is 5.71. The first kappa shape index (κ1) is 15.4. The molecule has 5 nitrogen and oxygen atoms in total. The van der Waals surface area contributed by atoms with Crippen LogP contribution in [0.15, 0.2) is 22.7 Å². The third-order valence-corrected chi connectivity index (χ3v) is 3.62. The summed E-state index contributed by atoms with van der Waals surface area (Å²) in [5, 5.41) is 3.98. The molecule has 0 aliphatic carbocycles. The standard InChI is InChI=1S/C15H20FN3O2/c1-4-15(5-2,20-6-3)14-18-13(21-19-14)11-9-10(17)7-8-12(11)16/h7-9H,4-6,17H2,1-3H3. The zero-order chi connectivity index (χ0) is 15.5. The van der Waals surface area contributed by atoms with E-state index >= 15 is 0 Å². The van der Waals surface area contributed by atoms with Crippen LogP contribution in [0.2, 0.25) is 0 Å². The molecule has 0 amide bonds. The highest BCUT2D eigenvalue weighted by Gasteiger charge is 2.34. The number of hydrogen-bond donors (Lipinski definition) is 1. The molecule has 0 saturated heterocycles. The molecule has 21 heavy (non-hydrogen) atoms. The summed E-state index contributed by atoms with van der Waals surface area (Å²) in [5.74, 6) is 0.0985. The highest BCUT2D eigenvalue weighted by Crippen LogP contribution is 2.33. The molecule has 0 aliphatic rings. The quantitative estimate of drug-likeness (QED) is 0.825. The second kappa shape index (κ2) is 6.22. The van der Waals surface area contributed by atoms with E-state index < -0.39 is 11.4 Å². The van der Waals surface area contributed by atoms with E-state index in [-0.39, 0.29) is 11.5 Å². The number of nitrogens with two attached hydrogens (primary N) is 1. The maximum Gasteiger partial charge on any atom is 0.261 e. The lowest BCUT2D eigenvalue weighted by Crippen LogP contribution is -2.29. The van der Waals surface area contributed by atoms with Crippen LogP contribution >= 0.6 is 0 Å². The maximum absolute atomic E-state index is 13.9. The van der Waals surface area contributed by atoms with Gasteiger partial charge in [0.2, 0.25) is 5.82 Å². The molecule has 0 atom stereocenters. The molecule has 0 fully saturated rings. The summed E-state index contributed by atoms with van der Waals surface area (Å²) in [6.45, 7) is 6.45. The number of hydrogen-bond acceptors (Lipinski definition) is 5. The lowest BCUT2D eigenvalue weighted by molar-refractivity contribution is -0.0583. The van der Waals surface area contributed by atoms with Crippen molar-refractivity contribution in [3.63, 3.8) is 0 Å². The van der Waals surface area contributed by atoms with Gasteiger partial charge in [0.1, 0.15) is 11.4 Å². The molecule has 0 bridgehead atoms. The second-order valence-corrected chi connectivity index (χ2v) is 4.80. The predicted molar refractivity (Wildman–Crippen MR) is 78.0 cm³/mol. The van der Waals surface area contributed by atoms with Crippen LogP contribution in [0, 0.1) is 5.82 Å². The van der Waals surface area contributed by atoms with E-state index in [1.54, 1.807) is 0 Å². The van der Waals surface area contributed by atoms with Gasteiger partial charge in [-0.2, -0.15) is 4.98 Å². The molecule has 0 radical (unpaired) electrons. The maximum atomic E-state index is 13.9. The van der Waals surface area contributed by atoms with E-state index in [0.29, 0.717) is 31.0 Å². The van der Waals surface area contributed by atoms with Crippen molar-refractivity contribution >= 4 is 5.69 Å². The first-order chi connectivity index (χ1) is 10.1. The lowest BCUT2D eigenvalue weighted by atomic mass is 9.96. The average Bonchev–Trinajstić information content (AvgIpc) is 2.97. The van der Waals surface area contributed by atoms with Crippen LogP contribution in [-0.4, -0.2) is 16.7 Å². The number of halogens is 1. The summed E-state index contributed by atoms with van der Waals surface area (Å²) >= 11 is 0. The fourth-order valence-corrected chi connectivity index (χ4v) is 2.34. The molecule has 0 saturated carbocycles. The van der Waals surface area contributed by atoms with Gasteiger partial charge >= 0.3 is 0 Å². The molecule has 6 heteroatoms. The van der Waals surface area contributed by atoms with Crippen molar-refractivity contribution in [3.05, 3.63) is 29.8 Å². The normalized spacial score (nSPS) is 11.8. The topological polar surface area (TPSA) is 74.2 Å². The highest BCUT2D eigenvalue weighted by molar-refractivity contribution is 5.60. The van der Waals surface area contributed by atoms with Crippen LogP contribution in [0.5, 0.6) is 0 Å². The van der Waals surface area contributed by atoms with E-state index in [1.807, 2.05) is 20.8 Å². The molecular weight excluding hydrogens is 273 g/mol. The Morgan fingerprint density at radius 3 is 2.62 bits per heavy atom. The summed E-state index contributed by atoms with van der Waals surface area (Å²) in [6.07, 6.45) is 1.41. The largest absolute Gasteiger partial charge is 0.399 e. The molecule has 1 aromatic carbocycles. The van der Waals surface area contributed by atoms with Gasteiger partial charge in [-0.1, -0.05) is 19.0 Å². The van der Waals surface area contributed by atoms with E-state index in [4.69, 9.17) is 15.0 Å². The van der Waals surface area contributed by atoms with Crippen LogP contribution < -0.4 is 5.73 Å². The zero-order valence-corrected chi connectivity index (χ0v) is 12.5. The van der Waals surface area contributed by atoms with Crippen molar-refractivity contribution in [1.82, 2.24) is 10.1 Å². The number of ether oxygens (including phenoxy) is 1. The van der Waals surface area contributed by atoms with Gasteiger partial charge in [-0.15, -0.1) is 0 Å². The van der Waals surface area contributed by atoms with Gasteiger partial charge in [0.05, 0.1) is 5.56 Å². The SMILES string of the molecule is CCOC(CC)(CC)c1noc(-c2cc(N)ccc2F)n1. The second-order valence-electron chi connectivity index (χ2n) is 4.80. The van der Waals surface area contributed by atoms with E-state index in [0.717, 1.165) is 0 Å². The van der Waals surface area contributed by atoms with Crippen LogP contribution in [0.3, 0.4) is 0 Å². The Kier molecular flexibility index (Phi) is 4.57. The van der Waals surface area contributed by atoms with Gasteiger partial charge in [-0.05, 0) is 38.0 Å². The third-order valence-electron chi connectivity index (χ3n) is 3.62. The number of aromatic nitrogens is 2. The number of anilines is 1. The molecule has 1 aromatic heterocycles. The summed E-state index contributed by atoms with van der Waals surface area (Å²) in [6, 6.07) is 4.25. The highest BCUT2D eigenvalue weighted by atomic mass is 19.1. The summed E-state index contributed by atoms with van der Waals surface area (Å²) in [4.78, 5) is 4.32. The van der Waals surface area contributed by atoms with Gasteiger partial charge in [-0.3, -0.25) is 0 Å². The molecule has 2 aromatic rings. The number of nitrogens with zero attached hydrogens (tertiary/aromatic N) is 2. The first-order valence-electron chi connectivity index (χ1n) is 7.09. The minimum atomic E-state index is -0.604. The molecule has 2 N–H and O–H groups in total. The lowest BCUT2D eigenvalue weighted by Gasteiger charge is -2.27. The fourth-order valence-electron chi connectivity index (χ4n) is 2.34. The molecule has 114 valence electrons. The first-order valence-corrected chi connectivity index (χ1v) is 7.09. The summed E-state index contributed by atoms with van der Waals surface area (Å²) in [7, 11) is 0. The zero-order valence-electron chi connectivity index (χ0n) is 12.5. The Bertz CT molecular complexity index is 609. The molecule has 2 rings (SSSR count). The Balaban J connectivity index is 2.43. The van der Waals surface area contributed by atoms with Crippen LogP contribution in [0.1, 0.15) is 39.4 Å². The van der Waals surface area contributed by atoms with Crippen molar-refractivity contribution in [1.29, 1.82) is 0 Å². The Morgan fingerprint density at radius 2 is 2.00 bits per heavy atom. The average molecular weight is 293 g/mol. The third kappa shape index (κ3) is 2.90. The fraction of sp³-hybridized carbons (Fsp3) is 0.467. The molecule has 1 heterocycles. The van der Waals surface area contributed by atoms with E-state index in [2.05, 4.69) is 10.1 Å². The van der Waals surface area contributed by atoms with Gasteiger partial charge in [-0.25, -0.2) is 4.39 Å². The number of benzene rings is 1. The molecule has 0 unspecified atom stereocenters. The smallest absolute Gasteiger partial charge is 0.261 e. The molecule has 0 spiro atoms. The monoisotopic (exact) mass is 293 g/mol. The number of nitrogen functional groups attached to an aromatic ring is 1. The van der Waals surface area contributed by atoms with Gasteiger partial charge < -0.3 is 15.0 Å². The van der Waals surface area contributed by atoms with Gasteiger partial charge in [0.15, 0.2) is 0 Å². The van der Waals surface area contributed by atoms with Crippen molar-refractivity contribution < 1.29 is 13.7 Å². The van der Waals surface area contributed by atoms with Crippen molar-refractivity contribution in [2.24, 2.45) is 0 Å². The predicted octanol–water partition coefficient (Wildman–Crippen LogP) is 3.51. The van der Waals surface area contributed by atoms with Crippen molar-refractivity contribution in [2.75, 3.05) is 12.3 Å². The molecular formula is C15H20FN3O2. The van der Waals surface area contributed by atoms with Crippen LogP contribution in [0.25, 0.3) is 11.5 Å². The molecule has 0 aliphatic heterocycles. The Morgan fingerprint density at radius 1 is 1.29 bits per heavy atom. The van der Waals surface area contributed by atoms with Gasteiger partial charge in [0, 0.05) is 12.3 Å². The van der Waals surface area contributed by atoms with E-state index in [1.165, 1.54) is 18.2 Å². The summed E-state index contributed by atoms with van der Waals surface area (Å²) < 4.78 is 24.9. The number of rotatable bonds is 6. The van der Waals surface area contributed by atoms with Crippen molar-refractivity contribution in [2.45, 2.75) is 39.2 Å². The minimum Gasteiger partial charge on any atom is -0.399 e. The van der Waals surface area contributed by atoms with Crippen molar-refractivity contribution in [3.8, 4) is 11.5 Å². The minimum absolute atomic E-state index is 0.112. The van der Waals surface area contributed by atoms with E-state index in [9.17, 15) is 4.39 Å². The Hall–Kier alpha value is -1.95. The Labute approximate surface area is 123 Å². The van der Waals surface area contributed by atoms with Crippen LogP contribution in [0.4, 0.5) is 10.1 Å². The van der Waals surface area contributed by atoms with Crippen LogP contribution in [-0.2, 0) is 10.3 Å². The van der Waals surface area contributed by atoms with Gasteiger partial charge in [0.25, 0.3) is 5.89 Å².